The number of rotatable bonds is 13. The molecule has 2 rings (SSSR count). The van der Waals surface area contributed by atoms with Gasteiger partial charge in [-0.05, 0) is 76.7 Å². The summed E-state index contributed by atoms with van der Waals surface area (Å²) in [6.45, 7) is 20.9. The SMILES string of the molecule is COC(=O)[C@H](CC(C)C)NC(=O)[C@@H]1CCCN1C(=O)/C(C)=C/[C@H](C(C)C)N(C)C(=O)[C@@H](NC(=O)[C@H]1CCCCN1C(C)C)C(C)(C)C. The van der Waals surface area contributed by atoms with Gasteiger partial charge in [0, 0.05) is 25.2 Å². The second-order valence-electron chi connectivity index (χ2n) is 15.6. The van der Waals surface area contributed by atoms with Gasteiger partial charge in [-0.3, -0.25) is 24.1 Å². The lowest BCUT2D eigenvalue weighted by molar-refractivity contribution is -0.146. The third-order valence-electron chi connectivity index (χ3n) is 9.47. The highest BCUT2D eigenvalue weighted by Crippen LogP contribution is 2.27. The molecule has 2 fully saturated rings. The summed E-state index contributed by atoms with van der Waals surface area (Å²) in [6, 6.07) is -2.72. The molecule has 47 heavy (non-hydrogen) atoms. The van der Waals surface area contributed by atoms with E-state index in [1.54, 1.807) is 29.8 Å². The van der Waals surface area contributed by atoms with Crippen molar-refractivity contribution in [2.24, 2.45) is 17.3 Å². The van der Waals surface area contributed by atoms with Crippen molar-refractivity contribution in [3.63, 3.8) is 0 Å². The van der Waals surface area contributed by atoms with Crippen molar-refractivity contribution in [1.29, 1.82) is 0 Å². The largest absolute Gasteiger partial charge is 0.467 e. The molecule has 5 atom stereocenters. The average molecular weight is 662 g/mol. The molecule has 0 aromatic heterocycles. The van der Waals surface area contributed by atoms with Crippen LogP contribution in [0.5, 0.6) is 0 Å². The lowest BCUT2D eigenvalue weighted by atomic mass is 9.84. The fourth-order valence-electron chi connectivity index (χ4n) is 6.77. The Labute approximate surface area is 283 Å². The lowest BCUT2D eigenvalue weighted by Crippen LogP contribution is -2.60. The van der Waals surface area contributed by atoms with Crippen LogP contribution in [-0.2, 0) is 28.7 Å². The maximum Gasteiger partial charge on any atom is 0.328 e. The molecular weight excluding hydrogens is 598 g/mol. The molecule has 2 aliphatic heterocycles. The van der Waals surface area contributed by atoms with Crippen LogP contribution in [0.3, 0.4) is 0 Å². The molecule has 11 heteroatoms. The van der Waals surface area contributed by atoms with Crippen LogP contribution in [0.25, 0.3) is 0 Å². The molecule has 268 valence electrons. The van der Waals surface area contributed by atoms with Crippen molar-refractivity contribution in [3.05, 3.63) is 11.6 Å². The smallest absolute Gasteiger partial charge is 0.328 e. The van der Waals surface area contributed by atoms with Gasteiger partial charge in [0.25, 0.3) is 0 Å². The summed E-state index contributed by atoms with van der Waals surface area (Å²) < 4.78 is 4.90. The number of carbonyl (C=O) groups excluding carboxylic acids is 5. The van der Waals surface area contributed by atoms with E-state index < -0.39 is 35.6 Å². The molecule has 2 aliphatic rings. The number of hydrogen-bond donors (Lipinski definition) is 2. The maximum absolute atomic E-state index is 14.2. The number of likely N-dealkylation sites (tertiary alicyclic amines) is 2. The monoisotopic (exact) mass is 661 g/mol. The quantitative estimate of drug-likeness (QED) is 0.226. The highest BCUT2D eigenvalue weighted by molar-refractivity contribution is 5.98. The number of methoxy groups -OCH3 is 1. The fraction of sp³-hybridized carbons (Fsp3) is 0.806. The second-order valence-corrected chi connectivity index (χ2v) is 15.6. The first-order valence-electron chi connectivity index (χ1n) is 17.5. The number of hydrogen-bond acceptors (Lipinski definition) is 7. The van der Waals surface area contributed by atoms with Crippen molar-refractivity contribution in [1.82, 2.24) is 25.3 Å². The minimum absolute atomic E-state index is 0.0349. The van der Waals surface area contributed by atoms with Gasteiger partial charge in [-0.25, -0.2) is 4.79 Å². The van der Waals surface area contributed by atoms with Crippen molar-refractivity contribution < 1.29 is 28.7 Å². The Kier molecular flexibility index (Phi) is 14.9. The normalized spacial score (nSPS) is 21.4. The molecule has 2 N–H and O–H groups in total. The molecule has 11 nitrogen and oxygen atoms in total. The molecule has 2 saturated heterocycles. The number of esters is 1. The van der Waals surface area contributed by atoms with Crippen LogP contribution in [-0.4, -0.2) is 108 Å². The van der Waals surface area contributed by atoms with Gasteiger partial charge in [0.2, 0.25) is 23.6 Å². The number of piperidine rings is 1. The summed E-state index contributed by atoms with van der Waals surface area (Å²) in [5.41, 5.74) is -0.122. The molecule has 0 aromatic carbocycles. The Hall–Kier alpha value is -2.95. The highest BCUT2D eigenvalue weighted by Gasteiger charge is 2.41. The van der Waals surface area contributed by atoms with E-state index in [2.05, 4.69) is 29.4 Å². The van der Waals surface area contributed by atoms with E-state index in [-0.39, 0.29) is 47.5 Å². The number of nitrogens with one attached hydrogen (secondary N) is 2. The summed E-state index contributed by atoms with van der Waals surface area (Å²) in [4.78, 5) is 72.7. The average Bonchev–Trinajstić information content (AvgIpc) is 3.49. The Bertz CT molecular complexity index is 1140. The zero-order valence-electron chi connectivity index (χ0n) is 31.1. The van der Waals surface area contributed by atoms with Crippen LogP contribution in [0.4, 0.5) is 0 Å². The Morgan fingerprint density at radius 1 is 0.894 bits per heavy atom. The summed E-state index contributed by atoms with van der Waals surface area (Å²) in [5.74, 6) is -1.37. The molecule has 0 spiro atoms. The van der Waals surface area contributed by atoms with E-state index >= 15 is 0 Å². The maximum atomic E-state index is 14.2. The van der Waals surface area contributed by atoms with Gasteiger partial charge in [0.15, 0.2) is 0 Å². The van der Waals surface area contributed by atoms with Gasteiger partial charge >= 0.3 is 5.97 Å². The first kappa shape index (κ1) is 40.2. The number of amides is 4. The van der Waals surface area contributed by atoms with E-state index in [1.807, 2.05) is 48.5 Å². The van der Waals surface area contributed by atoms with E-state index in [0.717, 1.165) is 25.8 Å². The van der Waals surface area contributed by atoms with Gasteiger partial charge in [-0.1, -0.05) is 61.0 Å². The first-order valence-corrected chi connectivity index (χ1v) is 17.5. The van der Waals surface area contributed by atoms with Crippen molar-refractivity contribution in [2.75, 3.05) is 27.2 Å². The first-order chi connectivity index (χ1) is 21.8. The molecule has 4 amide bonds. The topological polar surface area (TPSA) is 128 Å². The van der Waals surface area contributed by atoms with Crippen LogP contribution in [0.1, 0.15) is 108 Å². The number of nitrogens with zero attached hydrogens (tertiary/aromatic N) is 3. The van der Waals surface area contributed by atoms with E-state index in [9.17, 15) is 24.0 Å². The van der Waals surface area contributed by atoms with Gasteiger partial charge in [-0.15, -0.1) is 0 Å². The number of likely N-dealkylation sites (N-methyl/N-ethyl adjacent to an activating group) is 1. The Morgan fingerprint density at radius 3 is 2.02 bits per heavy atom. The molecule has 0 saturated carbocycles. The van der Waals surface area contributed by atoms with Crippen LogP contribution in [0, 0.1) is 17.3 Å². The van der Waals surface area contributed by atoms with Gasteiger partial charge in [-0.2, -0.15) is 0 Å². The van der Waals surface area contributed by atoms with Crippen molar-refractivity contribution >= 4 is 29.6 Å². The fourth-order valence-corrected chi connectivity index (χ4v) is 6.77. The standard InChI is InChI=1S/C36H63N5O6/c1-22(2)20-26(35(46)47-12)37-31(42)28-17-15-19-41(28)33(44)25(7)21-29(23(3)4)39(11)34(45)30(36(8,9)10)38-32(43)27-16-13-14-18-40(27)24(5)6/h21-24,26-30H,13-20H2,1-12H3,(H,37,42)(H,38,43)/b25-21+/t26-,27+,28-,29+,30+/m0/s1. The number of carbonyl (C=O) groups is 5. The molecule has 0 bridgehead atoms. The predicted molar refractivity (Wildman–Crippen MR) is 184 cm³/mol. The summed E-state index contributed by atoms with van der Waals surface area (Å²) in [6.07, 6.45) is 6.19. The molecule has 0 radical (unpaired) electrons. The van der Waals surface area contributed by atoms with Crippen LogP contribution < -0.4 is 10.6 Å². The van der Waals surface area contributed by atoms with Gasteiger partial charge < -0.3 is 25.2 Å². The van der Waals surface area contributed by atoms with E-state index in [1.165, 1.54) is 7.11 Å². The molecule has 0 aromatic rings. The third-order valence-corrected chi connectivity index (χ3v) is 9.47. The molecule has 0 aliphatic carbocycles. The molecule has 2 heterocycles. The zero-order chi connectivity index (χ0) is 35.8. The predicted octanol–water partition coefficient (Wildman–Crippen LogP) is 3.90. The van der Waals surface area contributed by atoms with Crippen LogP contribution in [0.15, 0.2) is 11.6 Å². The highest BCUT2D eigenvalue weighted by atomic mass is 16.5. The Morgan fingerprint density at radius 2 is 1.49 bits per heavy atom. The zero-order valence-corrected chi connectivity index (χ0v) is 31.1. The van der Waals surface area contributed by atoms with Crippen molar-refractivity contribution in [3.8, 4) is 0 Å². The van der Waals surface area contributed by atoms with Crippen LogP contribution in [0.2, 0.25) is 0 Å². The molecule has 0 unspecified atom stereocenters. The second kappa shape index (κ2) is 17.4. The molecular formula is C36H63N5O6. The third kappa shape index (κ3) is 10.8. The van der Waals surface area contributed by atoms with E-state index in [0.29, 0.717) is 31.4 Å². The summed E-state index contributed by atoms with van der Waals surface area (Å²) in [7, 11) is 3.02. The minimum Gasteiger partial charge on any atom is -0.467 e. The van der Waals surface area contributed by atoms with Gasteiger partial charge in [0.1, 0.15) is 18.1 Å². The van der Waals surface area contributed by atoms with Crippen LogP contribution >= 0.6 is 0 Å². The minimum atomic E-state index is -0.783. The van der Waals surface area contributed by atoms with Crippen molar-refractivity contribution in [2.45, 2.75) is 144 Å². The number of ether oxygens (including phenoxy) is 1. The lowest BCUT2D eigenvalue weighted by Gasteiger charge is -2.41. The Balaban J connectivity index is 2.27. The van der Waals surface area contributed by atoms with E-state index in [4.69, 9.17) is 4.74 Å². The summed E-state index contributed by atoms with van der Waals surface area (Å²) >= 11 is 0. The summed E-state index contributed by atoms with van der Waals surface area (Å²) in [5, 5.41) is 5.93. The van der Waals surface area contributed by atoms with Gasteiger partial charge in [0.05, 0.1) is 19.2 Å².